The molecule has 1 unspecified atom stereocenters. The largest absolute Gasteiger partial charge is 0.364 e. The van der Waals surface area contributed by atoms with Gasteiger partial charge in [0.1, 0.15) is 0 Å². The predicted octanol–water partition coefficient (Wildman–Crippen LogP) is 2.10. The second-order valence-electron chi connectivity index (χ2n) is 5.03. The molecule has 0 fully saturated rings. The standard InChI is InChI=1S/C12H15N3O/c1-6-13-9-4-7-8(5-10(9)14-6)15-11(16)12(7,2)3/h4-6,13-14H,1-3H3,(H,15,16). The number of rotatable bonds is 0. The van der Waals surface area contributed by atoms with Gasteiger partial charge in [-0.25, -0.2) is 0 Å². The topological polar surface area (TPSA) is 53.2 Å². The maximum absolute atomic E-state index is 11.8. The van der Waals surface area contributed by atoms with E-state index in [2.05, 4.69) is 28.9 Å². The molecule has 4 heteroatoms. The lowest BCUT2D eigenvalue weighted by Gasteiger charge is -2.15. The highest BCUT2D eigenvalue weighted by molar-refractivity contribution is 6.07. The van der Waals surface area contributed by atoms with Crippen molar-refractivity contribution in [2.24, 2.45) is 0 Å². The van der Waals surface area contributed by atoms with Crippen molar-refractivity contribution >= 4 is 23.0 Å². The first kappa shape index (κ1) is 9.51. The Bertz CT molecular complexity index is 493. The molecule has 0 saturated heterocycles. The molecule has 2 aliphatic heterocycles. The first-order valence-electron chi connectivity index (χ1n) is 5.51. The predicted molar refractivity (Wildman–Crippen MR) is 64.8 cm³/mol. The van der Waals surface area contributed by atoms with Gasteiger partial charge in [0.2, 0.25) is 5.91 Å². The summed E-state index contributed by atoms with van der Waals surface area (Å²) in [5.41, 5.74) is 3.70. The van der Waals surface area contributed by atoms with E-state index in [1.54, 1.807) is 0 Å². The Labute approximate surface area is 94.4 Å². The molecule has 0 aromatic heterocycles. The quantitative estimate of drug-likeness (QED) is 0.623. The third-order valence-corrected chi connectivity index (χ3v) is 3.39. The highest BCUT2D eigenvalue weighted by atomic mass is 16.2. The Morgan fingerprint density at radius 2 is 1.75 bits per heavy atom. The summed E-state index contributed by atoms with van der Waals surface area (Å²) in [6.45, 7) is 5.97. The van der Waals surface area contributed by atoms with Crippen LogP contribution in [-0.2, 0) is 10.2 Å². The number of hydrogen-bond donors (Lipinski definition) is 3. The van der Waals surface area contributed by atoms with Crippen LogP contribution in [0.5, 0.6) is 0 Å². The van der Waals surface area contributed by atoms with Crippen molar-refractivity contribution < 1.29 is 4.79 Å². The molecule has 0 radical (unpaired) electrons. The maximum Gasteiger partial charge on any atom is 0.234 e. The van der Waals surface area contributed by atoms with Gasteiger partial charge in [0.05, 0.1) is 23.0 Å². The molecule has 3 N–H and O–H groups in total. The molecule has 0 spiro atoms. The molecule has 84 valence electrons. The second kappa shape index (κ2) is 2.70. The van der Waals surface area contributed by atoms with Crippen LogP contribution in [0.3, 0.4) is 0 Å². The molecule has 4 nitrogen and oxygen atoms in total. The van der Waals surface area contributed by atoms with E-state index in [9.17, 15) is 4.79 Å². The molecule has 0 aliphatic carbocycles. The molecule has 2 heterocycles. The molecule has 1 aromatic rings. The van der Waals surface area contributed by atoms with Gasteiger partial charge in [-0.3, -0.25) is 4.79 Å². The average Bonchev–Trinajstić information content (AvgIpc) is 2.63. The Hall–Kier alpha value is -1.71. The van der Waals surface area contributed by atoms with Gasteiger partial charge in [-0.15, -0.1) is 0 Å². The molecule has 1 aromatic carbocycles. The van der Waals surface area contributed by atoms with E-state index in [0.29, 0.717) is 0 Å². The zero-order valence-electron chi connectivity index (χ0n) is 9.64. The van der Waals surface area contributed by atoms with Gasteiger partial charge in [0.15, 0.2) is 0 Å². The van der Waals surface area contributed by atoms with Crippen molar-refractivity contribution in [2.45, 2.75) is 32.4 Å². The number of fused-ring (bicyclic) bond motifs is 2. The molecule has 3 rings (SSSR count). The summed E-state index contributed by atoms with van der Waals surface area (Å²) in [7, 11) is 0. The van der Waals surface area contributed by atoms with E-state index < -0.39 is 5.41 Å². The minimum atomic E-state index is -0.433. The smallest absolute Gasteiger partial charge is 0.234 e. The monoisotopic (exact) mass is 217 g/mol. The number of hydrogen-bond acceptors (Lipinski definition) is 3. The first-order valence-corrected chi connectivity index (χ1v) is 5.51. The summed E-state index contributed by atoms with van der Waals surface area (Å²) in [5.74, 6) is 0.0687. The van der Waals surface area contributed by atoms with Crippen LogP contribution in [0.4, 0.5) is 17.1 Å². The van der Waals surface area contributed by atoms with Crippen molar-refractivity contribution in [1.29, 1.82) is 0 Å². The van der Waals surface area contributed by atoms with Gasteiger partial charge in [-0.05, 0) is 38.5 Å². The minimum Gasteiger partial charge on any atom is -0.364 e. The fraction of sp³-hybridized carbons (Fsp3) is 0.417. The maximum atomic E-state index is 11.8. The molecule has 16 heavy (non-hydrogen) atoms. The lowest BCUT2D eigenvalue weighted by molar-refractivity contribution is -0.119. The number of carbonyl (C=O) groups excluding carboxylic acids is 1. The molecule has 0 saturated carbocycles. The Morgan fingerprint density at radius 3 is 2.44 bits per heavy atom. The Kier molecular flexibility index (Phi) is 1.60. The highest BCUT2D eigenvalue weighted by Crippen LogP contribution is 2.43. The van der Waals surface area contributed by atoms with Gasteiger partial charge in [-0.2, -0.15) is 0 Å². The van der Waals surface area contributed by atoms with Gasteiger partial charge in [-0.1, -0.05) is 0 Å². The summed E-state index contributed by atoms with van der Waals surface area (Å²) in [6, 6.07) is 4.08. The van der Waals surface area contributed by atoms with E-state index in [4.69, 9.17) is 0 Å². The molecule has 2 aliphatic rings. The number of nitrogens with one attached hydrogen (secondary N) is 3. The zero-order chi connectivity index (χ0) is 11.5. The van der Waals surface area contributed by atoms with Crippen LogP contribution in [0, 0.1) is 0 Å². The van der Waals surface area contributed by atoms with Gasteiger partial charge < -0.3 is 16.0 Å². The van der Waals surface area contributed by atoms with Crippen molar-refractivity contribution in [2.75, 3.05) is 16.0 Å². The number of amides is 1. The minimum absolute atomic E-state index is 0.0687. The lowest BCUT2D eigenvalue weighted by atomic mass is 9.86. The van der Waals surface area contributed by atoms with Crippen molar-refractivity contribution in [1.82, 2.24) is 0 Å². The molecule has 0 bridgehead atoms. The highest BCUT2D eigenvalue weighted by Gasteiger charge is 2.39. The van der Waals surface area contributed by atoms with Crippen LogP contribution in [0.1, 0.15) is 26.3 Å². The van der Waals surface area contributed by atoms with Crippen molar-refractivity contribution in [3.63, 3.8) is 0 Å². The Morgan fingerprint density at radius 1 is 1.12 bits per heavy atom. The third-order valence-electron chi connectivity index (χ3n) is 3.39. The normalized spacial score (nSPS) is 24.2. The SMILES string of the molecule is CC1Nc2cc3c(cc2N1)C(C)(C)C(=O)N3. The number of anilines is 3. The molecule has 1 amide bonds. The van der Waals surface area contributed by atoms with Crippen LogP contribution in [0.15, 0.2) is 12.1 Å². The zero-order valence-corrected chi connectivity index (χ0v) is 9.64. The fourth-order valence-electron chi connectivity index (χ4n) is 2.36. The molecular formula is C12H15N3O. The van der Waals surface area contributed by atoms with Gasteiger partial charge in [0.25, 0.3) is 0 Å². The van der Waals surface area contributed by atoms with E-state index in [1.165, 1.54) is 0 Å². The summed E-state index contributed by atoms with van der Waals surface area (Å²) in [5, 5.41) is 9.56. The Balaban J connectivity index is 2.16. The summed E-state index contributed by atoms with van der Waals surface area (Å²) in [4.78, 5) is 11.8. The number of carbonyl (C=O) groups is 1. The van der Waals surface area contributed by atoms with Gasteiger partial charge >= 0.3 is 0 Å². The van der Waals surface area contributed by atoms with E-state index >= 15 is 0 Å². The van der Waals surface area contributed by atoms with Crippen molar-refractivity contribution in [3.05, 3.63) is 17.7 Å². The van der Waals surface area contributed by atoms with Crippen LogP contribution in [0.2, 0.25) is 0 Å². The van der Waals surface area contributed by atoms with Crippen LogP contribution in [-0.4, -0.2) is 12.1 Å². The first-order chi connectivity index (χ1) is 7.48. The van der Waals surface area contributed by atoms with E-state index in [0.717, 1.165) is 22.6 Å². The summed E-state index contributed by atoms with van der Waals surface area (Å²) in [6.07, 6.45) is 0.247. The van der Waals surface area contributed by atoms with E-state index in [-0.39, 0.29) is 12.1 Å². The molecular weight excluding hydrogens is 202 g/mol. The fourth-order valence-corrected chi connectivity index (χ4v) is 2.36. The van der Waals surface area contributed by atoms with Crippen LogP contribution < -0.4 is 16.0 Å². The second-order valence-corrected chi connectivity index (χ2v) is 5.03. The molecule has 1 atom stereocenters. The van der Waals surface area contributed by atoms with E-state index in [1.807, 2.05) is 19.9 Å². The van der Waals surface area contributed by atoms with Crippen LogP contribution in [0.25, 0.3) is 0 Å². The lowest BCUT2D eigenvalue weighted by Crippen LogP contribution is -2.26. The average molecular weight is 217 g/mol. The summed E-state index contributed by atoms with van der Waals surface area (Å²) >= 11 is 0. The third kappa shape index (κ3) is 1.07. The van der Waals surface area contributed by atoms with Crippen molar-refractivity contribution in [3.8, 4) is 0 Å². The summed E-state index contributed by atoms with van der Waals surface area (Å²) < 4.78 is 0. The van der Waals surface area contributed by atoms with Gasteiger partial charge in [0, 0.05) is 5.69 Å². The number of benzene rings is 1. The van der Waals surface area contributed by atoms with Crippen LogP contribution >= 0.6 is 0 Å².